The highest BCUT2D eigenvalue weighted by atomic mass is 16.5. The molecule has 0 aliphatic carbocycles. The molecule has 1 saturated heterocycles. The minimum Gasteiger partial charge on any atom is -0.453 e. The first-order valence-electron chi connectivity index (χ1n) is 6.66. The highest BCUT2D eigenvalue weighted by Crippen LogP contribution is 2.19. The summed E-state index contributed by atoms with van der Waals surface area (Å²) in [4.78, 5) is 29.4. The van der Waals surface area contributed by atoms with Crippen molar-refractivity contribution in [1.29, 1.82) is 0 Å². The number of carbonyl (C=O) groups excluding carboxylic acids is 2. The Kier molecular flexibility index (Phi) is 4.55. The molecule has 108 valence electrons. The third-order valence-electron chi connectivity index (χ3n) is 3.39. The number of ether oxygens (including phenoxy) is 1. The number of hydrogen-bond donors (Lipinski definition) is 1. The molecule has 6 nitrogen and oxygen atoms in total. The first-order valence-corrected chi connectivity index (χ1v) is 6.66. The van der Waals surface area contributed by atoms with Crippen molar-refractivity contribution < 1.29 is 14.3 Å². The van der Waals surface area contributed by atoms with Gasteiger partial charge in [0, 0.05) is 30.7 Å². The number of anilines is 1. The number of piperidine rings is 1. The zero-order chi connectivity index (χ0) is 14.5. The largest absolute Gasteiger partial charge is 0.453 e. The number of rotatable bonds is 2. The number of methoxy groups -OCH3 is 1. The molecule has 2 heterocycles. The second-order valence-electron chi connectivity index (χ2n) is 4.93. The molecule has 1 aliphatic heterocycles. The SMILES string of the molecule is COC(=O)N1CCCC(C(=O)Nc2ccnc(C)c2)C1. The van der Waals surface area contributed by atoms with Crippen LogP contribution in [0.4, 0.5) is 10.5 Å². The van der Waals surface area contributed by atoms with Gasteiger partial charge in [-0.3, -0.25) is 9.78 Å². The van der Waals surface area contributed by atoms with E-state index in [9.17, 15) is 9.59 Å². The van der Waals surface area contributed by atoms with Crippen molar-refractivity contribution in [3.63, 3.8) is 0 Å². The van der Waals surface area contributed by atoms with Crippen molar-refractivity contribution in [2.24, 2.45) is 5.92 Å². The molecule has 2 rings (SSSR count). The molecule has 1 unspecified atom stereocenters. The molecular weight excluding hydrogens is 258 g/mol. The lowest BCUT2D eigenvalue weighted by Gasteiger charge is -2.30. The van der Waals surface area contributed by atoms with Crippen LogP contribution in [-0.4, -0.2) is 42.1 Å². The number of carbonyl (C=O) groups is 2. The van der Waals surface area contributed by atoms with Crippen LogP contribution in [0.5, 0.6) is 0 Å². The van der Waals surface area contributed by atoms with E-state index in [1.807, 2.05) is 13.0 Å². The average molecular weight is 277 g/mol. The van der Waals surface area contributed by atoms with Crippen LogP contribution in [0, 0.1) is 12.8 Å². The summed E-state index contributed by atoms with van der Waals surface area (Å²) < 4.78 is 4.70. The molecule has 0 spiro atoms. The summed E-state index contributed by atoms with van der Waals surface area (Å²) in [5.74, 6) is -0.263. The second-order valence-corrected chi connectivity index (χ2v) is 4.93. The molecule has 6 heteroatoms. The van der Waals surface area contributed by atoms with Crippen LogP contribution in [0.25, 0.3) is 0 Å². The molecular formula is C14H19N3O3. The fraction of sp³-hybridized carbons (Fsp3) is 0.500. The summed E-state index contributed by atoms with van der Waals surface area (Å²) in [6, 6.07) is 3.57. The quantitative estimate of drug-likeness (QED) is 0.895. The monoisotopic (exact) mass is 277 g/mol. The number of pyridine rings is 1. The van der Waals surface area contributed by atoms with Crippen LogP contribution in [0.15, 0.2) is 18.3 Å². The molecule has 1 aromatic rings. The van der Waals surface area contributed by atoms with E-state index < -0.39 is 0 Å². The molecule has 2 amide bonds. The highest BCUT2D eigenvalue weighted by Gasteiger charge is 2.28. The maximum Gasteiger partial charge on any atom is 0.409 e. The fourth-order valence-corrected chi connectivity index (χ4v) is 2.35. The summed E-state index contributed by atoms with van der Waals surface area (Å²) in [5, 5.41) is 2.87. The minimum atomic E-state index is -0.373. The van der Waals surface area contributed by atoms with E-state index >= 15 is 0 Å². The zero-order valence-electron chi connectivity index (χ0n) is 11.8. The van der Waals surface area contributed by atoms with Crippen molar-refractivity contribution in [1.82, 2.24) is 9.88 Å². The topological polar surface area (TPSA) is 71.5 Å². The van der Waals surface area contributed by atoms with Crippen LogP contribution in [-0.2, 0) is 9.53 Å². The zero-order valence-corrected chi connectivity index (χ0v) is 11.8. The van der Waals surface area contributed by atoms with Gasteiger partial charge in [0.15, 0.2) is 0 Å². The van der Waals surface area contributed by atoms with Gasteiger partial charge in [-0.1, -0.05) is 0 Å². The van der Waals surface area contributed by atoms with Gasteiger partial charge in [0.1, 0.15) is 0 Å². The molecule has 0 radical (unpaired) electrons. The number of likely N-dealkylation sites (tertiary alicyclic amines) is 1. The predicted octanol–water partition coefficient (Wildman–Crippen LogP) is 1.81. The van der Waals surface area contributed by atoms with E-state index in [2.05, 4.69) is 10.3 Å². The Labute approximate surface area is 118 Å². The molecule has 1 fully saturated rings. The van der Waals surface area contributed by atoms with E-state index in [-0.39, 0.29) is 17.9 Å². The van der Waals surface area contributed by atoms with Crippen LogP contribution in [0.1, 0.15) is 18.5 Å². The lowest BCUT2D eigenvalue weighted by Crippen LogP contribution is -2.43. The highest BCUT2D eigenvalue weighted by molar-refractivity contribution is 5.93. The molecule has 1 atom stereocenters. The van der Waals surface area contributed by atoms with E-state index in [1.165, 1.54) is 7.11 Å². The molecule has 20 heavy (non-hydrogen) atoms. The van der Waals surface area contributed by atoms with Crippen molar-refractivity contribution in [3.05, 3.63) is 24.0 Å². The summed E-state index contributed by atoms with van der Waals surface area (Å²) in [7, 11) is 1.35. The minimum absolute atomic E-state index is 0.0656. The van der Waals surface area contributed by atoms with Gasteiger partial charge < -0.3 is 15.0 Å². The Morgan fingerprint density at radius 1 is 1.50 bits per heavy atom. The standard InChI is InChI=1S/C14H19N3O3/c1-10-8-12(5-6-15-10)16-13(18)11-4-3-7-17(9-11)14(19)20-2/h5-6,8,11H,3-4,7,9H2,1-2H3,(H,15,16,18). The number of aryl methyl sites for hydroxylation is 1. The van der Waals surface area contributed by atoms with Crippen molar-refractivity contribution in [2.75, 3.05) is 25.5 Å². The van der Waals surface area contributed by atoms with E-state index in [0.717, 1.165) is 24.2 Å². The molecule has 1 N–H and O–H groups in total. The van der Waals surface area contributed by atoms with Gasteiger partial charge in [0.2, 0.25) is 5.91 Å². The van der Waals surface area contributed by atoms with E-state index in [0.29, 0.717) is 13.1 Å². The van der Waals surface area contributed by atoms with Crippen molar-refractivity contribution in [2.45, 2.75) is 19.8 Å². The lowest BCUT2D eigenvalue weighted by atomic mass is 9.97. The Bertz CT molecular complexity index is 504. The second kappa shape index (κ2) is 6.36. The third kappa shape index (κ3) is 3.46. The van der Waals surface area contributed by atoms with Crippen LogP contribution >= 0.6 is 0 Å². The van der Waals surface area contributed by atoms with Gasteiger partial charge >= 0.3 is 6.09 Å². The number of nitrogens with one attached hydrogen (secondary N) is 1. The first-order chi connectivity index (χ1) is 9.60. The summed E-state index contributed by atoms with van der Waals surface area (Å²) in [6.45, 7) is 2.92. The Morgan fingerprint density at radius 2 is 2.30 bits per heavy atom. The van der Waals surface area contributed by atoms with Crippen LogP contribution in [0.3, 0.4) is 0 Å². The Hall–Kier alpha value is -2.11. The smallest absolute Gasteiger partial charge is 0.409 e. The summed E-state index contributed by atoms with van der Waals surface area (Å²) in [5.41, 5.74) is 1.58. The van der Waals surface area contributed by atoms with Gasteiger partial charge in [-0.15, -0.1) is 0 Å². The normalized spacial score (nSPS) is 18.5. The van der Waals surface area contributed by atoms with Gasteiger partial charge in [0.25, 0.3) is 0 Å². The van der Waals surface area contributed by atoms with Crippen LogP contribution in [0.2, 0.25) is 0 Å². The summed E-state index contributed by atoms with van der Waals surface area (Å²) >= 11 is 0. The molecule has 1 aromatic heterocycles. The predicted molar refractivity (Wildman–Crippen MR) is 74.3 cm³/mol. The van der Waals surface area contributed by atoms with Crippen molar-refractivity contribution >= 4 is 17.7 Å². The lowest BCUT2D eigenvalue weighted by molar-refractivity contribution is -0.121. The van der Waals surface area contributed by atoms with Gasteiger partial charge in [-0.25, -0.2) is 4.79 Å². The van der Waals surface area contributed by atoms with Gasteiger partial charge in [-0.05, 0) is 31.9 Å². The fourth-order valence-electron chi connectivity index (χ4n) is 2.35. The maximum atomic E-state index is 12.2. The average Bonchev–Trinajstić information content (AvgIpc) is 2.46. The summed E-state index contributed by atoms with van der Waals surface area (Å²) in [6.07, 6.45) is 2.88. The van der Waals surface area contributed by atoms with E-state index in [1.54, 1.807) is 17.2 Å². The Balaban J connectivity index is 1.97. The Morgan fingerprint density at radius 3 is 3.00 bits per heavy atom. The number of hydrogen-bond acceptors (Lipinski definition) is 4. The first kappa shape index (κ1) is 14.3. The number of aromatic nitrogens is 1. The van der Waals surface area contributed by atoms with Gasteiger partial charge in [-0.2, -0.15) is 0 Å². The number of amides is 2. The van der Waals surface area contributed by atoms with E-state index in [4.69, 9.17) is 4.74 Å². The van der Waals surface area contributed by atoms with Crippen molar-refractivity contribution in [3.8, 4) is 0 Å². The van der Waals surface area contributed by atoms with Gasteiger partial charge in [0.05, 0.1) is 13.0 Å². The maximum absolute atomic E-state index is 12.2. The molecule has 0 saturated carbocycles. The molecule has 0 aromatic carbocycles. The molecule has 0 bridgehead atoms. The van der Waals surface area contributed by atoms with Crippen LogP contribution < -0.4 is 5.32 Å². The third-order valence-corrected chi connectivity index (χ3v) is 3.39. The molecule has 1 aliphatic rings. The number of nitrogens with zero attached hydrogens (tertiary/aromatic N) is 2.